The average molecular weight is 273 g/mol. The lowest BCUT2D eigenvalue weighted by molar-refractivity contribution is 0.0458. The molecule has 0 amide bonds. The summed E-state index contributed by atoms with van der Waals surface area (Å²) in [6.45, 7) is 3.45. The van der Waals surface area contributed by atoms with Crippen molar-refractivity contribution < 1.29 is 17.9 Å². The Labute approximate surface area is 108 Å². The number of primary sulfonamides is 1. The van der Waals surface area contributed by atoms with E-state index in [0.717, 1.165) is 5.56 Å². The van der Waals surface area contributed by atoms with Gasteiger partial charge in [-0.05, 0) is 12.5 Å². The summed E-state index contributed by atoms with van der Waals surface area (Å²) in [5.74, 6) is -0.162. The number of hydrogen-bond acceptors (Lipinski definition) is 4. The highest BCUT2D eigenvalue weighted by atomic mass is 32.2. The van der Waals surface area contributed by atoms with E-state index in [-0.39, 0.29) is 12.4 Å². The topological polar surface area (TPSA) is 78.6 Å². The predicted molar refractivity (Wildman–Crippen MR) is 69.6 cm³/mol. The van der Waals surface area contributed by atoms with Crippen LogP contribution >= 0.6 is 0 Å². The van der Waals surface area contributed by atoms with Crippen molar-refractivity contribution in [3.63, 3.8) is 0 Å². The molecule has 0 saturated carbocycles. The van der Waals surface area contributed by atoms with Gasteiger partial charge in [-0.15, -0.1) is 0 Å². The quantitative estimate of drug-likeness (QED) is 0.711. The van der Waals surface area contributed by atoms with Gasteiger partial charge >= 0.3 is 0 Å². The molecule has 0 aromatic heterocycles. The summed E-state index contributed by atoms with van der Waals surface area (Å²) >= 11 is 0. The van der Waals surface area contributed by atoms with Crippen molar-refractivity contribution in [1.82, 2.24) is 0 Å². The molecule has 1 rings (SSSR count). The first-order valence-corrected chi connectivity index (χ1v) is 7.40. The molecule has 2 N–H and O–H groups in total. The fraction of sp³-hybridized carbons (Fsp3) is 0.500. The predicted octanol–water partition coefficient (Wildman–Crippen LogP) is 0.817. The number of sulfonamides is 1. The summed E-state index contributed by atoms with van der Waals surface area (Å²) < 4.78 is 31.7. The zero-order chi connectivity index (χ0) is 13.4. The summed E-state index contributed by atoms with van der Waals surface area (Å²) in [4.78, 5) is 0. The Morgan fingerprint density at radius 3 is 2.56 bits per heavy atom. The zero-order valence-electron chi connectivity index (χ0n) is 10.5. The van der Waals surface area contributed by atoms with E-state index in [9.17, 15) is 8.42 Å². The number of aryl methyl sites for hydroxylation is 1. The molecule has 0 unspecified atom stereocenters. The van der Waals surface area contributed by atoms with Crippen molar-refractivity contribution in [3.05, 3.63) is 35.4 Å². The number of hydrogen-bond donors (Lipinski definition) is 1. The maximum atomic E-state index is 10.6. The lowest BCUT2D eigenvalue weighted by Crippen LogP contribution is -2.21. The molecular formula is C12H19NO4S. The van der Waals surface area contributed by atoms with Crippen LogP contribution in [-0.2, 0) is 26.1 Å². The highest BCUT2D eigenvalue weighted by molar-refractivity contribution is 7.89. The van der Waals surface area contributed by atoms with Crippen LogP contribution in [0.4, 0.5) is 0 Å². The zero-order valence-corrected chi connectivity index (χ0v) is 11.3. The first-order chi connectivity index (χ1) is 8.47. The van der Waals surface area contributed by atoms with Gasteiger partial charge < -0.3 is 9.47 Å². The van der Waals surface area contributed by atoms with Crippen LogP contribution in [0.15, 0.2) is 24.3 Å². The third-order valence-electron chi connectivity index (χ3n) is 2.24. The van der Waals surface area contributed by atoms with Crippen LogP contribution in [0, 0.1) is 6.92 Å². The van der Waals surface area contributed by atoms with E-state index in [0.29, 0.717) is 19.8 Å². The van der Waals surface area contributed by atoms with E-state index in [2.05, 4.69) is 6.07 Å². The van der Waals surface area contributed by atoms with E-state index < -0.39 is 10.0 Å². The molecule has 1 aromatic carbocycles. The van der Waals surface area contributed by atoms with Crippen molar-refractivity contribution in [2.24, 2.45) is 5.14 Å². The molecule has 5 nitrogen and oxygen atoms in total. The Hall–Kier alpha value is -0.950. The Balaban J connectivity index is 2.06. The largest absolute Gasteiger partial charge is 0.378 e. The third-order valence-corrected chi connectivity index (χ3v) is 2.97. The highest BCUT2D eigenvalue weighted by Gasteiger charge is 2.01. The fourth-order valence-corrected chi connectivity index (χ4v) is 1.74. The standard InChI is InChI=1S/C12H19NO4S/c1-11-3-2-4-12(9-11)10-17-6-5-16-7-8-18(13,14)15/h2-4,9H,5-8,10H2,1H3,(H2,13,14,15). The summed E-state index contributed by atoms with van der Waals surface area (Å²) in [5, 5.41) is 4.83. The molecule has 6 heteroatoms. The van der Waals surface area contributed by atoms with E-state index >= 15 is 0 Å². The maximum Gasteiger partial charge on any atom is 0.211 e. The second-order valence-corrected chi connectivity index (χ2v) is 5.75. The minimum Gasteiger partial charge on any atom is -0.378 e. The lowest BCUT2D eigenvalue weighted by atomic mass is 10.1. The molecule has 18 heavy (non-hydrogen) atoms. The fourth-order valence-electron chi connectivity index (χ4n) is 1.39. The van der Waals surface area contributed by atoms with Gasteiger partial charge in [0.25, 0.3) is 0 Å². The average Bonchev–Trinajstić information content (AvgIpc) is 2.26. The molecule has 0 bridgehead atoms. The number of rotatable bonds is 8. The molecular weight excluding hydrogens is 254 g/mol. The SMILES string of the molecule is Cc1cccc(COCCOCCS(N)(=O)=O)c1. The second-order valence-electron chi connectivity index (χ2n) is 4.02. The molecule has 0 spiro atoms. The number of benzene rings is 1. The van der Waals surface area contributed by atoms with E-state index in [1.54, 1.807) is 0 Å². The summed E-state index contributed by atoms with van der Waals surface area (Å²) in [6.07, 6.45) is 0. The molecule has 1 aromatic rings. The van der Waals surface area contributed by atoms with Gasteiger partial charge in [-0.3, -0.25) is 0 Å². The van der Waals surface area contributed by atoms with Gasteiger partial charge in [0.05, 0.1) is 32.2 Å². The smallest absolute Gasteiger partial charge is 0.211 e. The van der Waals surface area contributed by atoms with E-state index in [1.165, 1.54) is 5.56 Å². The van der Waals surface area contributed by atoms with Crippen molar-refractivity contribution in [2.45, 2.75) is 13.5 Å². The Kier molecular flexibility index (Phi) is 6.28. The van der Waals surface area contributed by atoms with Gasteiger partial charge in [-0.2, -0.15) is 0 Å². The van der Waals surface area contributed by atoms with Gasteiger partial charge in [-0.1, -0.05) is 29.8 Å². The molecule has 102 valence electrons. The van der Waals surface area contributed by atoms with Crippen LogP contribution < -0.4 is 5.14 Å². The highest BCUT2D eigenvalue weighted by Crippen LogP contribution is 2.04. The summed E-state index contributed by atoms with van der Waals surface area (Å²) in [5.41, 5.74) is 2.31. The van der Waals surface area contributed by atoms with Gasteiger partial charge in [0, 0.05) is 0 Å². The van der Waals surface area contributed by atoms with Crippen LogP contribution in [0.3, 0.4) is 0 Å². The minimum absolute atomic E-state index is 0.104. The van der Waals surface area contributed by atoms with Gasteiger partial charge in [0.2, 0.25) is 10.0 Å². The van der Waals surface area contributed by atoms with Crippen molar-refractivity contribution >= 4 is 10.0 Å². The van der Waals surface area contributed by atoms with Crippen molar-refractivity contribution in [3.8, 4) is 0 Å². The number of nitrogens with two attached hydrogens (primary N) is 1. The molecule has 0 atom stereocenters. The van der Waals surface area contributed by atoms with Crippen LogP contribution in [0.25, 0.3) is 0 Å². The molecule has 0 saturated heterocycles. The molecule has 0 aliphatic heterocycles. The van der Waals surface area contributed by atoms with E-state index in [1.807, 2.05) is 25.1 Å². The molecule has 0 aliphatic rings. The Morgan fingerprint density at radius 2 is 1.89 bits per heavy atom. The van der Waals surface area contributed by atoms with Crippen LogP contribution in [0.2, 0.25) is 0 Å². The minimum atomic E-state index is -3.43. The second kappa shape index (κ2) is 7.48. The Bertz CT molecular complexity index is 459. The molecule has 0 heterocycles. The first kappa shape index (κ1) is 15.1. The van der Waals surface area contributed by atoms with Gasteiger partial charge in [-0.25, -0.2) is 13.6 Å². The molecule has 0 radical (unpaired) electrons. The van der Waals surface area contributed by atoms with Crippen LogP contribution in [-0.4, -0.2) is 34.0 Å². The van der Waals surface area contributed by atoms with Crippen LogP contribution in [0.5, 0.6) is 0 Å². The van der Waals surface area contributed by atoms with Gasteiger partial charge in [0.1, 0.15) is 0 Å². The van der Waals surface area contributed by atoms with Crippen LogP contribution in [0.1, 0.15) is 11.1 Å². The normalized spacial score (nSPS) is 11.7. The molecule has 0 fully saturated rings. The van der Waals surface area contributed by atoms with Crippen molar-refractivity contribution in [1.29, 1.82) is 0 Å². The Morgan fingerprint density at radius 1 is 1.17 bits per heavy atom. The summed E-state index contributed by atoms with van der Waals surface area (Å²) in [7, 11) is -3.43. The molecule has 0 aliphatic carbocycles. The van der Waals surface area contributed by atoms with Crippen molar-refractivity contribution in [2.75, 3.05) is 25.6 Å². The third kappa shape index (κ3) is 7.39. The van der Waals surface area contributed by atoms with Gasteiger partial charge in [0.15, 0.2) is 0 Å². The first-order valence-electron chi connectivity index (χ1n) is 5.69. The maximum absolute atomic E-state index is 10.6. The lowest BCUT2D eigenvalue weighted by Gasteiger charge is -2.06. The summed E-state index contributed by atoms with van der Waals surface area (Å²) in [6, 6.07) is 8.06. The monoisotopic (exact) mass is 273 g/mol. The van der Waals surface area contributed by atoms with E-state index in [4.69, 9.17) is 14.6 Å². The number of ether oxygens (including phenoxy) is 2.